The fraction of sp³-hybridized carbons (Fsp3) is 0.263. The normalized spacial score (nSPS) is 12.3. The quantitative estimate of drug-likeness (QED) is 0.665. The first-order chi connectivity index (χ1) is 13.0. The molecule has 0 radical (unpaired) electrons. The Kier molecular flexibility index (Phi) is 5.24. The van der Waals surface area contributed by atoms with Gasteiger partial charge in [-0.25, -0.2) is 13.4 Å². The number of nitrogens with zero attached hydrogens (tertiary/aromatic N) is 1. The first-order valence-electron chi connectivity index (χ1n) is 8.36. The first-order valence-corrected chi connectivity index (χ1v) is 10.7. The van der Waals surface area contributed by atoms with Crippen molar-refractivity contribution in [3.05, 3.63) is 58.1 Å². The minimum absolute atomic E-state index is 0.140. The van der Waals surface area contributed by atoms with Crippen LogP contribution in [-0.4, -0.2) is 24.6 Å². The summed E-state index contributed by atoms with van der Waals surface area (Å²) in [6.07, 6.45) is 0. The van der Waals surface area contributed by atoms with Crippen LogP contribution in [0.3, 0.4) is 0 Å². The Balaban J connectivity index is 1.72. The predicted octanol–water partition coefficient (Wildman–Crippen LogP) is 4.23. The summed E-state index contributed by atoms with van der Waals surface area (Å²) in [7, 11) is -4.72. The van der Waals surface area contributed by atoms with E-state index in [1.165, 1.54) is 23.5 Å². The summed E-state index contributed by atoms with van der Waals surface area (Å²) in [4.78, 5) is 17.7. The number of rotatable bonds is 5. The van der Waals surface area contributed by atoms with Gasteiger partial charge in [-0.3, -0.25) is 4.79 Å². The Hall–Kier alpha value is -2.39. The summed E-state index contributed by atoms with van der Waals surface area (Å²) in [6.45, 7) is 4.34. The summed E-state index contributed by atoms with van der Waals surface area (Å²) in [5.41, 5.74) is 2.52. The molecule has 148 valence electrons. The van der Waals surface area contributed by atoms with Gasteiger partial charge in [-0.15, -0.1) is 11.3 Å². The number of amides is 1. The maximum Gasteiger partial charge on any atom is 0.347 e. The van der Waals surface area contributed by atoms with Crippen LogP contribution in [0.2, 0.25) is 0 Å². The van der Waals surface area contributed by atoms with E-state index in [0.29, 0.717) is 17.4 Å². The summed E-state index contributed by atoms with van der Waals surface area (Å²) >= 11 is 1.29. The van der Waals surface area contributed by atoms with Crippen LogP contribution >= 0.6 is 11.3 Å². The maximum atomic E-state index is 13.2. The molecule has 3 aromatic rings. The second-order valence-corrected chi connectivity index (χ2v) is 9.77. The topological polar surface area (TPSA) is 76.1 Å². The summed E-state index contributed by atoms with van der Waals surface area (Å²) in [5.74, 6) is -0.281. The molecule has 3 rings (SSSR count). The monoisotopic (exact) mass is 424 g/mol. The van der Waals surface area contributed by atoms with Crippen LogP contribution < -0.4 is 5.32 Å². The van der Waals surface area contributed by atoms with Crippen molar-refractivity contribution in [1.82, 2.24) is 10.3 Å². The molecule has 0 fully saturated rings. The van der Waals surface area contributed by atoms with E-state index in [0.717, 1.165) is 33.6 Å². The third kappa shape index (κ3) is 3.90. The number of carbonyl (C=O) groups excluding carboxylic acids is 1. The van der Waals surface area contributed by atoms with Gasteiger partial charge < -0.3 is 5.32 Å². The standard InChI is InChI=1S/C19H18F2N2O3S2/c1-11-8-12(2)23-18-15(11)9-16(27-18)17(24)22-10-13-4-6-14(7-5-13)28(25,26)19(3,20)21/h4-9H,10H2,1-3H3,(H,22,24). The molecular weight excluding hydrogens is 406 g/mol. The molecular formula is C19H18F2N2O3S2. The van der Waals surface area contributed by atoms with Crippen LogP contribution in [0.25, 0.3) is 10.2 Å². The molecule has 0 aliphatic heterocycles. The molecule has 1 amide bonds. The summed E-state index contributed by atoms with van der Waals surface area (Å²) in [6, 6.07) is 8.77. The van der Waals surface area contributed by atoms with Gasteiger partial charge in [0.1, 0.15) is 4.83 Å². The molecule has 0 aliphatic carbocycles. The molecule has 0 atom stereocenters. The number of carbonyl (C=O) groups is 1. The second kappa shape index (κ2) is 7.21. The van der Waals surface area contributed by atoms with Crippen molar-refractivity contribution < 1.29 is 22.0 Å². The number of fused-ring (bicyclic) bond motifs is 1. The molecule has 0 bridgehead atoms. The van der Waals surface area contributed by atoms with Crippen molar-refractivity contribution in [2.45, 2.75) is 37.5 Å². The molecule has 2 aromatic heterocycles. The average molecular weight is 424 g/mol. The van der Waals surface area contributed by atoms with Gasteiger partial charge in [0, 0.05) is 24.5 Å². The van der Waals surface area contributed by atoms with Gasteiger partial charge >= 0.3 is 5.25 Å². The number of aromatic nitrogens is 1. The zero-order valence-corrected chi connectivity index (χ0v) is 17.0. The van der Waals surface area contributed by atoms with Gasteiger partial charge in [-0.2, -0.15) is 8.78 Å². The van der Waals surface area contributed by atoms with Gasteiger partial charge in [-0.1, -0.05) is 12.1 Å². The third-order valence-corrected chi connectivity index (χ3v) is 7.09. The Labute approximate surface area is 165 Å². The molecule has 1 N–H and O–H groups in total. The predicted molar refractivity (Wildman–Crippen MR) is 105 cm³/mol. The van der Waals surface area contributed by atoms with Gasteiger partial charge in [0.05, 0.1) is 9.77 Å². The number of hydrogen-bond donors (Lipinski definition) is 1. The van der Waals surface area contributed by atoms with E-state index in [9.17, 15) is 22.0 Å². The molecule has 0 saturated carbocycles. The summed E-state index contributed by atoms with van der Waals surface area (Å²) in [5, 5.41) is -0.181. The Morgan fingerprint density at radius 1 is 1.18 bits per heavy atom. The molecule has 1 aromatic carbocycles. The number of sulfone groups is 1. The number of hydrogen-bond acceptors (Lipinski definition) is 5. The van der Waals surface area contributed by atoms with Crippen LogP contribution in [0.1, 0.15) is 33.4 Å². The highest BCUT2D eigenvalue weighted by molar-refractivity contribution is 7.92. The number of aryl methyl sites for hydroxylation is 2. The lowest BCUT2D eigenvalue weighted by atomic mass is 10.2. The van der Waals surface area contributed by atoms with Gasteiger partial charge in [0.15, 0.2) is 0 Å². The number of alkyl halides is 2. The minimum Gasteiger partial charge on any atom is -0.347 e. The second-order valence-electron chi connectivity index (χ2n) is 6.55. The average Bonchev–Trinajstić information content (AvgIpc) is 3.03. The molecule has 5 nitrogen and oxygen atoms in total. The van der Waals surface area contributed by atoms with Crippen molar-refractivity contribution >= 4 is 37.3 Å². The van der Waals surface area contributed by atoms with E-state index in [1.807, 2.05) is 19.9 Å². The Bertz CT molecular complexity index is 1150. The molecule has 9 heteroatoms. The highest BCUT2D eigenvalue weighted by Crippen LogP contribution is 2.29. The van der Waals surface area contributed by atoms with Gasteiger partial charge in [0.25, 0.3) is 5.91 Å². The molecule has 2 heterocycles. The van der Waals surface area contributed by atoms with Crippen molar-refractivity contribution in [1.29, 1.82) is 0 Å². The number of nitrogens with one attached hydrogen (secondary N) is 1. The van der Waals surface area contributed by atoms with Crippen molar-refractivity contribution in [3.8, 4) is 0 Å². The third-order valence-electron chi connectivity index (χ3n) is 4.22. The fourth-order valence-corrected chi connectivity index (χ4v) is 4.68. The SMILES string of the molecule is Cc1cc(C)c2cc(C(=O)NCc3ccc(S(=O)(=O)C(C)(F)F)cc3)sc2n1. The van der Waals surface area contributed by atoms with Crippen LogP contribution in [-0.2, 0) is 16.4 Å². The van der Waals surface area contributed by atoms with Gasteiger partial charge in [-0.05, 0) is 49.2 Å². The van der Waals surface area contributed by atoms with Crippen molar-refractivity contribution in [3.63, 3.8) is 0 Å². The first kappa shape index (κ1) is 20.3. The molecule has 0 saturated heterocycles. The summed E-state index contributed by atoms with van der Waals surface area (Å²) < 4.78 is 49.9. The van der Waals surface area contributed by atoms with E-state index in [4.69, 9.17) is 0 Å². The highest BCUT2D eigenvalue weighted by Gasteiger charge is 2.40. The van der Waals surface area contributed by atoms with Crippen LogP contribution in [0.15, 0.2) is 41.3 Å². The number of thiophene rings is 1. The molecule has 0 aliphatic rings. The van der Waals surface area contributed by atoms with E-state index in [-0.39, 0.29) is 12.5 Å². The van der Waals surface area contributed by atoms with E-state index >= 15 is 0 Å². The molecule has 28 heavy (non-hydrogen) atoms. The lowest BCUT2D eigenvalue weighted by Crippen LogP contribution is -2.25. The highest BCUT2D eigenvalue weighted by atomic mass is 32.2. The zero-order valence-electron chi connectivity index (χ0n) is 15.4. The van der Waals surface area contributed by atoms with Gasteiger partial charge in [0.2, 0.25) is 9.84 Å². The molecule has 0 unspecified atom stereocenters. The smallest absolute Gasteiger partial charge is 0.347 e. The number of halogens is 2. The van der Waals surface area contributed by atoms with Crippen LogP contribution in [0, 0.1) is 13.8 Å². The largest absolute Gasteiger partial charge is 0.347 e. The number of pyridine rings is 1. The maximum absolute atomic E-state index is 13.2. The number of benzene rings is 1. The zero-order chi connectivity index (χ0) is 20.7. The van der Waals surface area contributed by atoms with Crippen molar-refractivity contribution in [2.75, 3.05) is 0 Å². The van der Waals surface area contributed by atoms with E-state index in [1.54, 1.807) is 6.07 Å². The van der Waals surface area contributed by atoms with Crippen LogP contribution in [0.5, 0.6) is 0 Å². The Morgan fingerprint density at radius 3 is 2.43 bits per heavy atom. The Morgan fingerprint density at radius 2 is 1.82 bits per heavy atom. The minimum atomic E-state index is -4.72. The fourth-order valence-electron chi connectivity index (χ4n) is 2.71. The van der Waals surface area contributed by atoms with E-state index < -0.39 is 20.0 Å². The van der Waals surface area contributed by atoms with Crippen molar-refractivity contribution in [2.24, 2.45) is 0 Å². The van der Waals surface area contributed by atoms with Crippen LogP contribution in [0.4, 0.5) is 8.78 Å². The lowest BCUT2D eigenvalue weighted by Gasteiger charge is -2.12. The van der Waals surface area contributed by atoms with E-state index in [2.05, 4.69) is 10.3 Å². The molecule has 0 spiro atoms. The lowest BCUT2D eigenvalue weighted by molar-refractivity contribution is 0.0955.